The quantitative estimate of drug-likeness (QED) is 0.359. The van der Waals surface area contributed by atoms with E-state index in [9.17, 15) is 10.1 Å². The fourth-order valence-electron chi connectivity index (χ4n) is 1.19. The lowest BCUT2D eigenvalue weighted by atomic mass is 10.2. The van der Waals surface area contributed by atoms with Gasteiger partial charge in [0.15, 0.2) is 5.75 Å². The van der Waals surface area contributed by atoms with Gasteiger partial charge < -0.3 is 10.5 Å². The number of nitro groups is 1. The van der Waals surface area contributed by atoms with Crippen molar-refractivity contribution >= 4 is 11.4 Å². The Bertz CT molecular complexity index is 416. The van der Waals surface area contributed by atoms with Crippen LogP contribution in [0.4, 0.5) is 11.4 Å². The molecule has 0 bridgehead atoms. The van der Waals surface area contributed by atoms with Crippen molar-refractivity contribution in [2.24, 2.45) is 0 Å². The molecule has 0 heterocycles. The summed E-state index contributed by atoms with van der Waals surface area (Å²) in [4.78, 5) is 10.2. The van der Waals surface area contributed by atoms with Gasteiger partial charge in [-0.2, -0.15) is 0 Å². The van der Waals surface area contributed by atoms with Gasteiger partial charge in [0, 0.05) is 6.42 Å². The van der Waals surface area contributed by atoms with Crippen LogP contribution < -0.4 is 10.5 Å². The first kappa shape index (κ1) is 12.0. The largest absolute Gasteiger partial charge is 0.486 e. The zero-order chi connectivity index (χ0) is 12.1. The molecule has 0 aliphatic rings. The van der Waals surface area contributed by atoms with Crippen LogP contribution in [-0.2, 0) is 0 Å². The Labute approximate surface area is 93.7 Å². The summed E-state index contributed by atoms with van der Waals surface area (Å²) < 4.78 is 5.31. The second kappa shape index (κ2) is 5.16. The number of nitrogens with two attached hydrogens (primary N) is 1. The Morgan fingerprint density at radius 2 is 2.31 bits per heavy atom. The average molecular weight is 222 g/mol. The summed E-state index contributed by atoms with van der Waals surface area (Å²) in [6, 6.07) is 4.63. The molecule has 16 heavy (non-hydrogen) atoms. The van der Waals surface area contributed by atoms with Crippen LogP contribution in [0.25, 0.3) is 0 Å². The second-order valence-electron chi connectivity index (χ2n) is 3.51. The first-order valence-corrected chi connectivity index (χ1v) is 4.82. The van der Waals surface area contributed by atoms with Crippen LogP contribution in [0.1, 0.15) is 13.3 Å². The summed E-state index contributed by atoms with van der Waals surface area (Å²) in [5, 5.41) is 10.8. The molecule has 0 spiro atoms. The first-order chi connectivity index (χ1) is 7.52. The number of benzene rings is 1. The van der Waals surface area contributed by atoms with E-state index in [4.69, 9.17) is 10.5 Å². The fourth-order valence-corrected chi connectivity index (χ4v) is 1.19. The third kappa shape index (κ3) is 2.98. The molecule has 5 nitrogen and oxygen atoms in total. The number of para-hydroxylation sites is 1. The topological polar surface area (TPSA) is 78.4 Å². The minimum absolute atomic E-state index is 0.109. The van der Waals surface area contributed by atoms with Crippen LogP contribution in [0.2, 0.25) is 0 Å². The molecule has 0 amide bonds. The van der Waals surface area contributed by atoms with Crippen molar-refractivity contribution in [3.8, 4) is 5.75 Å². The number of ether oxygens (including phenoxy) is 1. The predicted molar refractivity (Wildman–Crippen MR) is 62.4 cm³/mol. The Hall–Kier alpha value is -2.04. The van der Waals surface area contributed by atoms with E-state index < -0.39 is 4.92 Å². The molecule has 1 rings (SSSR count). The minimum atomic E-state index is -0.536. The molecule has 0 aliphatic carbocycles. The number of nitrogens with zero attached hydrogens (tertiary/aromatic N) is 1. The van der Waals surface area contributed by atoms with Crippen LogP contribution >= 0.6 is 0 Å². The third-order valence-corrected chi connectivity index (χ3v) is 2.00. The molecule has 0 saturated heterocycles. The van der Waals surface area contributed by atoms with Crippen LogP contribution in [-0.4, -0.2) is 11.5 Å². The zero-order valence-electron chi connectivity index (χ0n) is 9.10. The van der Waals surface area contributed by atoms with Crippen molar-refractivity contribution in [1.29, 1.82) is 0 Å². The molecule has 0 aliphatic heterocycles. The number of hydrogen-bond donors (Lipinski definition) is 1. The first-order valence-electron chi connectivity index (χ1n) is 4.82. The summed E-state index contributed by atoms with van der Waals surface area (Å²) in [5.41, 5.74) is 6.41. The number of nitrogen functional groups attached to an aromatic ring is 1. The fraction of sp³-hybridized carbons (Fsp3) is 0.273. The van der Waals surface area contributed by atoms with Gasteiger partial charge in [-0.05, 0) is 19.1 Å². The standard InChI is InChI=1S/C11H14N2O3/c1-8(2)6-7-16-10-5-3-4-9(12)11(10)13(14)15/h3-5H,1,6-7,12H2,2H3. The van der Waals surface area contributed by atoms with Crippen molar-refractivity contribution in [2.45, 2.75) is 13.3 Å². The van der Waals surface area contributed by atoms with Crippen LogP contribution in [0, 0.1) is 10.1 Å². The smallest absolute Gasteiger partial charge is 0.333 e. The Morgan fingerprint density at radius 3 is 2.88 bits per heavy atom. The van der Waals surface area contributed by atoms with Gasteiger partial charge in [-0.25, -0.2) is 0 Å². The van der Waals surface area contributed by atoms with E-state index in [1.807, 2.05) is 6.92 Å². The van der Waals surface area contributed by atoms with E-state index in [0.717, 1.165) is 5.57 Å². The monoisotopic (exact) mass is 222 g/mol. The van der Waals surface area contributed by atoms with Gasteiger partial charge in [-0.1, -0.05) is 11.6 Å². The molecule has 1 aromatic carbocycles. The van der Waals surface area contributed by atoms with Gasteiger partial charge >= 0.3 is 5.69 Å². The van der Waals surface area contributed by atoms with Gasteiger partial charge in [0.2, 0.25) is 0 Å². The van der Waals surface area contributed by atoms with Gasteiger partial charge in [0.1, 0.15) is 5.69 Å². The van der Waals surface area contributed by atoms with E-state index in [-0.39, 0.29) is 17.1 Å². The molecule has 0 fully saturated rings. The lowest BCUT2D eigenvalue weighted by Gasteiger charge is -2.07. The molecule has 0 saturated carbocycles. The summed E-state index contributed by atoms with van der Waals surface area (Å²) >= 11 is 0. The van der Waals surface area contributed by atoms with Gasteiger partial charge in [0.05, 0.1) is 11.5 Å². The molecular formula is C11H14N2O3. The highest BCUT2D eigenvalue weighted by molar-refractivity contribution is 5.65. The van der Waals surface area contributed by atoms with E-state index in [1.54, 1.807) is 6.07 Å². The van der Waals surface area contributed by atoms with Crippen LogP contribution in [0.5, 0.6) is 5.75 Å². The van der Waals surface area contributed by atoms with E-state index in [0.29, 0.717) is 13.0 Å². The molecular weight excluding hydrogens is 208 g/mol. The third-order valence-electron chi connectivity index (χ3n) is 2.00. The Morgan fingerprint density at radius 1 is 1.62 bits per heavy atom. The molecule has 0 atom stereocenters. The highest BCUT2D eigenvalue weighted by Gasteiger charge is 2.18. The van der Waals surface area contributed by atoms with Gasteiger partial charge in [-0.15, -0.1) is 6.58 Å². The molecule has 2 N–H and O–H groups in total. The Balaban J connectivity index is 2.83. The van der Waals surface area contributed by atoms with Gasteiger partial charge in [-0.3, -0.25) is 10.1 Å². The van der Waals surface area contributed by atoms with E-state index in [1.165, 1.54) is 12.1 Å². The number of anilines is 1. The maximum Gasteiger partial charge on any atom is 0.333 e. The highest BCUT2D eigenvalue weighted by Crippen LogP contribution is 2.32. The van der Waals surface area contributed by atoms with E-state index in [2.05, 4.69) is 6.58 Å². The number of rotatable bonds is 5. The highest BCUT2D eigenvalue weighted by atomic mass is 16.6. The van der Waals surface area contributed by atoms with Crippen LogP contribution in [0.3, 0.4) is 0 Å². The summed E-state index contributed by atoms with van der Waals surface area (Å²) in [6.07, 6.45) is 0.659. The normalized spacial score (nSPS) is 9.81. The number of hydrogen-bond acceptors (Lipinski definition) is 4. The summed E-state index contributed by atoms with van der Waals surface area (Å²) in [7, 11) is 0. The molecule has 5 heteroatoms. The van der Waals surface area contributed by atoms with Crippen LogP contribution in [0.15, 0.2) is 30.4 Å². The summed E-state index contributed by atoms with van der Waals surface area (Å²) in [5.74, 6) is 0.200. The lowest BCUT2D eigenvalue weighted by molar-refractivity contribution is -0.384. The maximum absolute atomic E-state index is 10.8. The average Bonchev–Trinajstić information content (AvgIpc) is 2.16. The zero-order valence-corrected chi connectivity index (χ0v) is 9.10. The molecule has 0 aromatic heterocycles. The van der Waals surface area contributed by atoms with Crippen molar-refractivity contribution < 1.29 is 9.66 Å². The minimum Gasteiger partial charge on any atom is -0.486 e. The number of nitro benzene ring substituents is 1. The summed E-state index contributed by atoms with van der Waals surface area (Å²) in [6.45, 7) is 5.96. The van der Waals surface area contributed by atoms with Crippen molar-refractivity contribution in [3.63, 3.8) is 0 Å². The van der Waals surface area contributed by atoms with Crippen molar-refractivity contribution in [2.75, 3.05) is 12.3 Å². The molecule has 1 aromatic rings. The molecule has 0 unspecified atom stereocenters. The predicted octanol–water partition coefficient (Wildman–Crippen LogP) is 2.52. The van der Waals surface area contributed by atoms with Crippen molar-refractivity contribution in [1.82, 2.24) is 0 Å². The molecule has 0 radical (unpaired) electrons. The second-order valence-corrected chi connectivity index (χ2v) is 3.51. The maximum atomic E-state index is 10.8. The van der Waals surface area contributed by atoms with Crippen molar-refractivity contribution in [3.05, 3.63) is 40.5 Å². The SMILES string of the molecule is C=C(C)CCOc1cccc(N)c1[N+](=O)[O-]. The Kier molecular flexibility index (Phi) is 3.88. The molecule has 86 valence electrons. The van der Waals surface area contributed by atoms with E-state index >= 15 is 0 Å². The van der Waals surface area contributed by atoms with Gasteiger partial charge in [0.25, 0.3) is 0 Å². The lowest BCUT2D eigenvalue weighted by Crippen LogP contribution is -2.03.